The largest absolute Gasteiger partial charge is 0.385 e. The van der Waals surface area contributed by atoms with E-state index in [1.807, 2.05) is 7.11 Å². The molecule has 140 valence electrons. The first-order chi connectivity index (χ1) is 11.3. The maximum Gasteiger partial charge on any atom is 0.191 e. The molecule has 2 saturated carbocycles. The average molecular weight is 340 g/mol. The lowest BCUT2D eigenvalue weighted by Crippen LogP contribution is -2.69. The normalized spacial score (nSPS) is 31.1. The lowest BCUT2D eigenvalue weighted by Gasteiger charge is -2.59. The fourth-order valence-electron chi connectivity index (χ4n) is 3.94. The molecule has 0 aromatic heterocycles. The van der Waals surface area contributed by atoms with E-state index in [1.165, 1.54) is 19.3 Å². The van der Waals surface area contributed by atoms with Gasteiger partial charge in [-0.3, -0.25) is 4.99 Å². The van der Waals surface area contributed by atoms with Crippen LogP contribution in [0.25, 0.3) is 0 Å². The summed E-state index contributed by atoms with van der Waals surface area (Å²) in [4.78, 5) is 4.92. The van der Waals surface area contributed by atoms with Crippen molar-refractivity contribution < 1.29 is 9.47 Å². The van der Waals surface area contributed by atoms with E-state index in [1.54, 1.807) is 7.11 Å². The van der Waals surface area contributed by atoms with Crippen molar-refractivity contribution in [3.63, 3.8) is 0 Å². The molecule has 0 heterocycles. The van der Waals surface area contributed by atoms with Gasteiger partial charge in [0.05, 0.1) is 5.60 Å². The molecule has 0 amide bonds. The highest BCUT2D eigenvalue weighted by atomic mass is 16.5. The number of rotatable bonds is 8. The summed E-state index contributed by atoms with van der Waals surface area (Å²) in [7, 11) is 3.60. The monoisotopic (exact) mass is 339 g/mol. The van der Waals surface area contributed by atoms with Gasteiger partial charge in [-0.15, -0.1) is 0 Å². The molecule has 5 nitrogen and oxygen atoms in total. The highest BCUT2D eigenvalue weighted by molar-refractivity contribution is 5.80. The summed E-state index contributed by atoms with van der Waals surface area (Å²) in [5, 5.41) is 7.05. The Morgan fingerprint density at radius 2 is 1.92 bits per heavy atom. The minimum Gasteiger partial charge on any atom is -0.385 e. The van der Waals surface area contributed by atoms with Crippen LogP contribution in [-0.2, 0) is 9.47 Å². The zero-order valence-electron chi connectivity index (χ0n) is 16.5. The molecule has 0 saturated heterocycles. The highest BCUT2D eigenvalue weighted by Crippen LogP contribution is 2.51. The SMILES string of the molecule is CCNC(=NCC1(CCOC)CCC1)NC1CC(C)(OC)C1(C)C. The van der Waals surface area contributed by atoms with E-state index >= 15 is 0 Å². The van der Waals surface area contributed by atoms with Crippen LogP contribution in [0.15, 0.2) is 4.99 Å². The van der Waals surface area contributed by atoms with Gasteiger partial charge in [0.1, 0.15) is 0 Å². The van der Waals surface area contributed by atoms with E-state index in [0.717, 1.165) is 38.5 Å². The number of hydrogen-bond acceptors (Lipinski definition) is 3. The number of hydrogen-bond donors (Lipinski definition) is 2. The molecular formula is C19H37N3O2. The number of aliphatic imine (C=N–C) groups is 1. The summed E-state index contributed by atoms with van der Waals surface area (Å²) < 4.78 is 11.0. The van der Waals surface area contributed by atoms with Crippen molar-refractivity contribution in [1.29, 1.82) is 0 Å². The average Bonchev–Trinajstić information content (AvgIpc) is 2.52. The van der Waals surface area contributed by atoms with E-state index in [2.05, 4.69) is 38.3 Å². The van der Waals surface area contributed by atoms with E-state index in [4.69, 9.17) is 14.5 Å². The summed E-state index contributed by atoms with van der Waals surface area (Å²) in [6.07, 6.45) is 6.00. The first-order valence-electron chi connectivity index (χ1n) is 9.41. The maximum absolute atomic E-state index is 5.73. The van der Waals surface area contributed by atoms with Crippen LogP contribution in [0, 0.1) is 10.8 Å². The van der Waals surface area contributed by atoms with E-state index in [9.17, 15) is 0 Å². The molecule has 5 heteroatoms. The van der Waals surface area contributed by atoms with Crippen molar-refractivity contribution in [1.82, 2.24) is 10.6 Å². The minimum atomic E-state index is -0.0599. The van der Waals surface area contributed by atoms with Crippen LogP contribution in [0.5, 0.6) is 0 Å². The molecule has 2 unspecified atom stereocenters. The molecule has 0 aromatic carbocycles. The summed E-state index contributed by atoms with van der Waals surface area (Å²) >= 11 is 0. The maximum atomic E-state index is 5.73. The summed E-state index contributed by atoms with van der Waals surface area (Å²) in [5.41, 5.74) is 0.381. The van der Waals surface area contributed by atoms with Gasteiger partial charge in [0.15, 0.2) is 5.96 Å². The van der Waals surface area contributed by atoms with Crippen molar-refractivity contribution >= 4 is 5.96 Å². The van der Waals surface area contributed by atoms with E-state index in [0.29, 0.717) is 11.5 Å². The van der Waals surface area contributed by atoms with Crippen LogP contribution in [0.2, 0.25) is 0 Å². The number of methoxy groups -OCH3 is 2. The molecule has 0 spiro atoms. The van der Waals surface area contributed by atoms with Crippen LogP contribution in [0.3, 0.4) is 0 Å². The van der Waals surface area contributed by atoms with E-state index in [-0.39, 0.29) is 11.0 Å². The summed E-state index contributed by atoms with van der Waals surface area (Å²) in [5.74, 6) is 0.942. The van der Waals surface area contributed by atoms with Crippen molar-refractivity contribution in [2.24, 2.45) is 15.8 Å². The van der Waals surface area contributed by atoms with Gasteiger partial charge in [-0.25, -0.2) is 0 Å². The Morgan fingerprint density at radius 1 is 1.21 bits per heavy atom. The second-order valence-corrected chi connectivity index (χ2v) is 8.35. The van der Waals surface area contributed by atoms with Gasteiger partial charge >= 0.3 is 0 Å². The third-order valence-electron chi connectivity index (χ3n) is 6.76. The fourth-order valence-corrected chi connectivity index (χ4v) is 3.94. The van der Waals surface area contributed by atoms with Gasteiger partial charge in [-0.2, -0.15) is 0 Å². The molecule has 0 aromatic rings. The second-order valence-electron chi connectivity index (χ2n) is 8.35. The molecule has 2 fully saturated rings. The molecule has 0 bridgehead atoms. The number of nitrogens with one attached hydrogen (secondary N) is 2. The third-order valence-corrected chi connectivity index (χ3v) is 6.76. The molecule has 0 radical (unpaired) electrons. The topological polar surface area (TPSA) is 54.9 Å². The van der Waals surface area contributed by atoms with Crippen LogP contribution < -0.4 is 10.6 Å². The number of ether oxygens (including phenoxy) is 2. The Hall–Kier alpha value is -0.810. The Morgan fingerprint density at radius 3 is 2.38 bits per heavy atom. The minimum absolute atomic E-state index is 0.0599. The van der Waals surface area contributed by atoms with Crippen LogP contribution in [0.4, 0.5) is 0 Å². The molecule has 2 aliphatic carbocycles. The first kappa shape index (κ1) is 19.5. The van der Waals surface area contributed by atoms with Crippen molar-refractivity contribution in [3.8, 4) is 0 Å². The molecular weight excluding hydrogens is 302 g/mol. The Kier molecular flexibility index (Phi) is 6.19. The standard InChI is InChI=1S/C19H37N3O2/c1-7-20-16(21-14-19(9-8-10-19)11-12-23-5)22-15-13-18(4,24-6)17(15,2)3/h15H,7-14H2,1-6H3,(H2,20,21,22). The second kappa shape index (κ2) is 7.61. The molecule has 24 heavy (non-hydrogen) atoms. The summed E-state index contributed by atoms with van der Waals surface area (Å²) in [6.45, 7) is 11.5. The lowest BCUT2D eigenvalue weighted by atomic mass is 9.56. The van der Waals surface area contributed by atoms with Crippen molar-refractivity contribution in [2.45, 2.75) is 71.4 Å². The van der Waals surface area contributed by atoms with Gasteiger partial charge in [0.2, 0.25) is 0 Å². The van der Waals surface area contributed by atoms with Crippen LogP contribution in [-0.4, -0.2) is 51.5 Å². The zero-order valence-corrected chi connectivity index (χ0v) is 16.5. The van der Waals surface area contributed by atoms with Gasteiger partial charge in [-0.05, 0) is 44.9 Å². The Labute approximate surface area is 148 Å². The molecule has 2 aliphatic rings. The lowest BCUT2D eigenvalue weighted by molar-refractivity contribution is -0.176. The molecule has 2 rings (SSSR count). The van der Waals surface area contributed by atoms with Crippen molar-refractivity contribution in [2.75, 3.05) is 33.9 Å². The van der Waals surface area contributed by atoms with Crippen LogP contribution in [0.1, 0.15) is 59.8 Å². The van der Waals surface area contributed by atoms with Gasteiger partial charge in [0, 0.05) is 45.4 Å². The number of nitrogens with zero attached hydrogens (tertiary/aromatic N) is 1. The van der Waals surface area contributed by atoms with Crippen LogP contribution >= 0.6 is 0 Å². The quantitative estimate of drug-likeness (QED) is 0.527. The number of guanidine groups is 1. The Bertz CT molecular complexity index is 446. The molecule has 2 N–H and O–H groups in total. The fraction of sp³-hybridized carbons (Fsp3) is 0.947. The molecule has 2 atom stereocenters. The predicted molar refractivity (Wildman–Crippen MR) is 99.5 cm³/mol. The molecule has 0 aliphatic heterocycles. The zero-order chi connectivity index (χ0) is 17.8. The van der Waals surface area contributed by atoms with Gasteiger partial charge < -0.3 is 20.1 Å². The van der Waals surface area contributed by atoms with Crippen molar-refractivity contribution in [3.05, 3.63) is 0 Å². The first-order valence-corrected chi connectivity index (χ1v) is 9.41. The van der Waals surface area contributed by atoms with E-state index < -0.39 is 0 Å². The van der Waals surface area contributed by atoms with Gasteiger partial charge in [-0.1, -0.05) is 20.3 Å². The summed E-state index contributed by atoms with van der Waals surface area (Å²) in [6, 6.07) is 0.386. The predicted octanol–water partition coefficient (Wildman–Crippen LogP) is 2.95. The highest BCUT2D eigenvalue weighted by Gasteiger charge is 2.58. The van der Waals surface area contributed by atoms with Gasteiger partial charge in [0.25, 0.3) is 0 Å². The Balaban J connectivity index is 1.97. The smallest absolute Gasteiger partial charge is 0.191 e. The third kappa shape index (κ3) is 3.72.